The first-order valence-corrected chi connectivity index (χ1v) is 5.93. The zero-order chi connectivity index (χ0) is 15.5. The predicted molar refractivity (Wildman–Crippen MR) is 70.5 cm³/mol. The molecule has 3 nitrogen and oxygen atoms in total. The van der Waals surface area contributed by atoms with Crippen LogP contribution >= 0.6 is 0 Å². The SMILES string of the molecule is COc1ccc(C=O)c(-c2ccccc2OC(F)(F)F)c1. The molecule has 110 valence electrons. The smallest absolute Gasteiger partial charge is 0.497 e. The van der Waals surface area contributed by atoms with Crippen molar-refractivity contribution in [3.05, 3.63) is 48.0 Å². The molecule has 0 amide bonds. The standard InChI is InChI=1S/C15H11F3O3/c1-20-11-7-6-10(9-19)13(8-11)12-4-2-3-5-14(12)21-15(16,17)18/h2-9H,1H3. The summed E-state index contributed by atoms with van der Waals surface area (Å²) in [5.41, 5.74) is 0.717. The van der Waals surface area contributed by atoms with Gasteiger partial charge in [-0.25, -0.2) is 0 Å². The van der Waals surface area contributed by atoms with Gasteiger partial charge in [0.05, 0.1) is 7.11 Å². The Bertz CT molecular complexity index is 651. The third kappa shape index (κ3) is 3.53. The van der Waals surface area contributed by atoms with Gasteiger partial charge in [-0.2, -0.15) is 0 Å². The quantitative estimate of drug-likeness (QED) is 0.798. The van der Waals surface area contributed by atoms with Gasteiger partial charge in [0.25, 0.3) is 0 Å². The van der Waals surface area contributed by atoms with Crippen molar-refractivity contribution in [3.63, 3.8) is 0 Å². The van der Waals surface area contributed by atoms with E-state index in [9.17, 15) is 18.0 Å². The molecule has 0 heterocycles. The Hall–Kier alpha value is -2.50. The number of aldehydes is 1. The highest BCUT2D eigenvalue weighted by atomic mass is 19.4. The number of methoxy groups -OCH3 is 1. The van der Waals surface area contributed by atoms with Crippen molar-refractivity contribution >= 4 is 6.29 Å². The summed E-state index contributed by atoms with van der Waals surface area (Å²) in [7, 11) is 1.43. The van der Waals surface area contributed by atoms with Crippen LogP contribution in [0.25, 0.3) is 11.1 Å². The topological polar surface area (TPSA) is 35.5 Å². The summed E-state index contributed by atoms with van der Waals surface area (Å²) in [6.07, 6.45) is -4.24. The van der Waals surface area contributed by atoms with Gasteiger partial charge in [-0.1, -0.05) is 18.2 Å². The van der Waals surface area contributed by atoms with Gasteiger partial charge in [0.15, 0.2) is 6.29 Å². The number of halogens is 3. The van der Waals surface area contributed by atoms with Crippen molar-refractivity contribution in [3.8, 4) is 22.6 Å². The van der Waals surface area contributed by atoms with Crippen LogP contribution in [0.1, 0.15) is 10.4 Å². The number of para-hydroxylation sites is 1. The van der Waals surface area contributed by atoms with E-state index in [-0.39, 0.29) is 16.9 Å². The molecular formula is C15H11F3O3. The molecule has 0 fully saturated rings. The third-order valence-electron chi connectivity index (χ3n) is 2.79. The minimum atomic E-state index is -4.81. The molecule has 21 heavy (non-hydrogen) atoms. The fraction of sp³-hybridized carbons (Fsp3) is 0.133. The lowest BCUT2D eigenvalue weighted by Crippen LogP contribution is -2.17. The molecule has 0 atom stereocenters. The van der Waals surface area contributed by atoms with E-state index in [2.05, 4.69) is 4.74 Å². The second-order valence-corrected chi connectivity index (χ2v) is 4.11. The summed E-state index contributed by atoms with van der Waals surface area (Å²) in [6.45, 7) is 0. The van der Waals surface area contributed by atoms with Gasteiger partial charge >= 0.3 is 6.36 Å². The molecule has 0 aromatic heterocycles. The lowest BCUT2D eigenvalue weighted by molar-refractivity contribution is -0.274. The van der Waals surface area contributed by atoms with E-state index in [0.717, 1.165) is 0 Å². The van der Waals surface area contributed by atoms with Crippen molar-refractivity contribution < 1.29 is 27.4 Å². The van der Waals surface area contributed by atoms with Crippen LogP contribution in [0, 0.1) is 0 Å². The molecule has 0 radical (unpaired) electrons. The van der Waals surface area contributed by atoms with E-state index in [1.54, 1.807) is 12.1 Å². The summed E-state index contributed by atoms with van der Waals surface area (Å²) in [4.78, 5) is 11.1. The van der Waals surface area contributed by atoms with Crippen LogP contribution in [0.2, 0.25) is 0 Å². The van der Waals surface area contributed by atoms with E-state index in [4.69, 9.17) is 4.74 Å². The molecule has 0 aliphatic heterocycles. The minimum absolute atomic E-state index is 0.163. The molecule has 2 rings (SSSR count). The molecule has 0 N–H and O–H groups in total. The van der Waals surface area contributed by atoms with Crippen LogP contribution in [0.3, 0.4) is 0 Å². The maximum atomic E-state index is 12.4. The largest absolute Gasteiger partial charge is 0.573 e. The van der Waals surface area contributed by atoms with Gasteiger partial charge in [-0.15, -0.1) is 13.2 Å². The van der Waals surface area contributed by atoms with E-state index < -0.39 is 6.36 Å². The summed E-state index contributed by atoms with van der Waals surface area (Å²) in [5, 5.41) is 0. The summed E-state index contributed by atoms with van der Waals surface area (Å²) < 4.78 is 46.4. The van der Waals surface area contributed by atoms with Crippen LogP contribution in [0.4, 0.5) is 13.2 Å². The van der Waals surface area contributed by atoms with Crippen molar-refractivity contribution in [2.75, 3.05) is 7.11 Å². The normalized spacial score (nSPS) is 11.0. The molecule has 0 spiro atoms. The monoisotopic (exact) mass is 296 g/mol. The van der Waals surface area contributed by atoms with Crippen molar-refractivity contribution in [2.45, 2.75) is 6.36 Å². The Kier molecular flexibility index (Phi) is 4.16. The average Bonchev–Trinajstić information content (AvgIpc) is 2.45. The third-order valence-corrected chi connectivity index (χ3v) is 2.79. The highest BCUT2D eigenvalue weighted by Crippen LogP contribution is 2.36. The van der Waals surface area contributed by atoms with Gasteiger partial charge in [0, 0.05) is 11.1 Å². The molecule has 0 aliphatic carbocycles. The number of rotatable bonds is 4. The Balaban J connectivity index is 2.58. The van der Waals surface area contributed by atoms with E-state index in [1.165, 1.54) is 37.4 Å². The first-order valence-electron chi connectivity index (χ1n) is 5.93. The van der Waals surface area contributed by atoms with Crippen LogP contribution in [0.5, 0.6) is 11.5 Å². The van der Waals surface area contributed by atoms with E-state index >= 15 is 0 Å². The number of alkyl halides is 3. The second kappa shape index (κ2) is 5.87. The van der Waals surface area contributed by atoms with Gasteiger partial charge < -0.3 is 9.47 Å². The highest BCUT2D eigenvalue weighted by Gasteiger charge is 2.32. The first-order chi connectivity index (χ1) is 9.94. The molecule has 0 saturated heterocycles. The Labute approximate surface area is 118 Å². The lowest BCUT2D eigenvalue weighted by Gasteiger charge is -2.15. The molecule has 0 saturated carbocycles. The lowest BCUT2D eigenvalue weighted by atomic mass is 9.99. The minimum Gasteiger partial charge on any atom is -0.497 e. The maximum Gasteiger partial charge on any atom is 0.573 e. The number of carbonyl (C=O) groups is 1. The molecule has 0 unspecified atom stereocenters. The number of benzene rings is 2. The highest BCUT2D eigenvalue weighted by molar-refractivity contribution is 5.89. The fourth-order valence-electron chi connectivity index (χ4n) is 1.90. The van der Waals surface area contributed by atoms with Gasteiger partial charge in [0.2, 0.25) is 0 Å². The molecule has 0 bridgehead atoms. The number of ether oxygens (including phenoxy) is 2. The van der Waals surface area contributed by atoms with Crippen molar-refractivity contribution in [1.82, 2.24) is 0 Å². The molecule has 2 aromatic carbocycles. The zero-order valence-electron chi connectivity index (χ0n) is 11.0. The van der Waals surface area contributed by atoms with Crippen LogP contribution in [0.15, 0.2) is 42.5 Å². The van der Waals surface area contributed by atoms with E-state index in [0.29, 0.717) is 17.6 Å². The van der Waals surface area contributed by atoms with Crippen LogP contribution in [-0.4, -0.2) is 19.8 Å². The fourth-order valence-corrected chi connectivity index (χ4v) is 1.90. The van der Waals surface area contributed by atoms with Crippen LogP contribution < -0.4 is 9.47 Å². The molecule has 2 aromatic rings. The van der Waals surface area contributed by atoms with Gasteiger partial charge in [0.1, 0.15) is 11.5 Å². The number of hydrogen-bond donors (Lipinski definition) is 0. The van der Waals surface area contributed by atoms with E-state index in [1.807, 2.05) is 0 Å². The molecular weight excluding hydrogens is 285 g/mol. The molecule has 6 heteroatoms. The number of hydrogen-bond acceptors (Lipinski definition) is 3. The Morgan fingerprint density at radius 3 is 2.38 bits per heavy atom. The first kappa shape index (κ1) is 14.9. The second-order valence-electron chi connectivity index (χ2n) is 4.11. The summed E-state index contributed by atoms with van der Waals surface area (Å²) >= 11 is 0. The molecule has 0 aliphatic rings. The Morgan fingerprint density at radius 1 is 1.05 bits per heavy atom. The number of carbonyl (C=O) groups excluding carboxylic acids is 1. The van der Waals surface area contributed by atoms with Gasteiger partial charge in [-0.05, 0) is 29.8 Å². The summed E-state index contributed by atoms with van der Waals surface area (Å²) in [6, 6.07) is 10.1. The van der Waals surface area contributed by atoms with Gasteiger partial charge in [-0.3, -0.25) is 4.79 Å². The average molecular weight is 296 g/mol. The predicted octanol–water partition coefficient (Wildman–Crippen LogP) is 4.07. The Morgan fingerprint density at radius 2 is 1.76 bits per heavy atom. The van der Waals surface area contributed by atoms with Crippen molar-refractivity contribution in [1.29, 1.82) is 0 Å². The summed E-state index contributed by atoms with van der Waals surface area (Å²) in [5.74, 6) is 0.0544. The zero-order valence-corrected chi connectivity index (χ0v) is 11.0. The van der Waals surface area contributed by atoms with Crippen molar-refractivity contribution in [2.24, 2.45) is 0 Å². The van der Waals surface area contributed by atoms with Crippen LogP contribution in [-0.2, 0) is 0 Å². The maximum absolute atomic E-state index is 12.4.